The van der Waals surface area contributed by atoms with Crippen LogP contribution < -0.4 is 10.6 Å². The Labute approximate surface area is 122 Å². The Morgan fingerprint density at radius 3 is 1.75 bits per heavy atom. The summed E-state index contributed by atoms with van der Waals surface area (Å²) in [6.07, 6.45) is 0. The number of rotatable bonds is 7. The molecule has 2 atom stereocenters. The van der Waals surface area contributed by atoms with Gasteiger partial charge in [0.05, 0.1) is 0 Å². The first-order chi connectivity index (χ1) is 7.95. The fraction of sp³-hybridized carbons (Fsp3) is 1.00. The average Bonchev–Trinajstić information content (AvgIpc) is 2.96. The summed E-state index contributed by atoms with van der Waals surface area (Å²) in [6, 6.07) is 0. The van der Waals surface area contributed by atoms with E-state index in [1.165, 1.54) is 36.1 Å². The maximum Gasteiger partial charge on any atom is 0.110 e. The molecule has 0 aromatic rings. The van der Waals surface area contributed by atoms with Crippen molar-refractivity contribution in [3.8, 4) is 0 Å². The SMILES string of the molecule is C1CSC(SSCCSSC2NCCS2)N1. The van der Waals surface area contributed by atoms with Crippen LogP contribution in [0.15, 0.2) is 0 Å². The molecule has 2 N–H and O–H groups in total. The van der Waals surface area contributed by atoms with E-state index in [0.29, 0.717) is 9.41 Å². The zero-order chi connectivity index (χ0) is 11.1. The van der Waals surface area contributed by atoms with Crippen molar-refractivity contribution in [3.63, 3.8) is 0 Å². The van der Waals surface area contributed by atoms with E-state index in [9.17, 15) is 0 Å². The van der Waals surface area contributed by atoms with Gasteiger partial charge in [-0.1, -0.05) is 43.2 Å². The van der Waals surface area contributed by atoms with E-state index in [1.807, 2.05) is 66.7 Å². The second kappa shape index (κ2) is 9.01. The van der Waals surface area contributed by atoms with Crippen LogP contribution in [0.2, 0.25) is 0 Å². The van der Waals surface area contributed by atoms with E-state index in [1.54, 1.807) is 0 Å². The third-order valence-corrected chi connectivity index (χ3v) is 10.8. The lowest BCUT2D eigenvalue weighted by molar-refractivity contribution is 0.856. The van der Waals surface area contributed by atoms with Crippen molar-refractivity contribution in [2.24, 2.45) is 0 Å². The maximum atomic E-state index is 3.47. The minimum absolute atomic E-state index is 0.634. The van der Waals surface area contributed by atoms with Crippen LogP contribution in [0.5, 0.6) is 0 Å². The molecule has 16 heavy (non-hydrogen) atoms. The molecule has 0 bridgehead atoms. The molecule has 0 aliphatic carbocycles. The normalized spacial score (nSPS) is 30.0. The number of hydrogen-bond acceptors (Lipinski definition) is 8. The Balaban J connectivity index is 1.37. The minimum atomic E-state index is 0.634. The van der Waals surface area contributed by atoms with Crippen LogP contribution in [0.25, 0.3) is 0 Å². The van der Waals surface area contributed by atoms with Crippen molar-refractivity contribution in [1.29, 1.82) is 0 Å². The molecule has 8 heteroatoms. The molecule has 2 saturated heterocycles. The average molecular weight is 333 g/mol. The van der Waals surface area contributed by atoms with Crippen LogP contribution in [0.4, 0.5) is 0 Å². The van der Waals surface area contributed by atoms with Crippen LogP contribution in [0.3, 0.4) is 0 Å². The van der Waals surface area contributed by atoms with E-state index in [-0.39, 0.29) is 0 Å². The Bertz CT molecular complexity index is 163. The van der Waals surface area contributed by atoms with Gasteiger partial charge in [-0.2, -0.15) is 0 Å². The molecular weight excluding hydrogens is 317 g/mol. The van der Waals surface area contributed by atoms with E-state index in [4.69, 9.17) is 0 Å². The molecule has 0 aromatic heterocycles. The quantitative estimate of drug-likeness (QED) is 0.542. The van der Waals surface area contributed by atoms with Gasteiger partial charge in [-0.25, -0.2) is 0 Å². The van der Waals surface area contributed by atoms with Crippen molar-refractivity contribution >= 4 is 66.7 Å². The molecule has 94 valence electrons. The minimum Gasteiger partial charge on any atom is -0.295 e. The molecule has 2 aliphatic heterocycles. The molecule has 0 aromatic carbocycles. The Hall–Kier alpha value is 2.02. The van der Waals surface area contributed by atoms with Gasteiger partial charge in [0.25, 0.3) is 0 Å². The third kappa shape index (κ3) is 5.77. The highest BCUT2D eigenvalue weighted by Crippen LogP contribution is 2.37. The number of hydrogen-bond donors (Lipinski definition) is 2. The molecular formula is C8H16N2S6. The summed E-state index contributed by atoms with van der Waals surface area (Å²) in [6.45, 7) is 2.36. The molecule has 2 rings (SSSR count). The largest absolute Gasteiger partial charge is 0.295 e. The van der Waals surface area contributed by atoms with Crippen LogP contribution >= 0.6 is 66.7 Å². The van der Waals surface area contributed by atoms with Gasteiger partial charge in [0.1, 0.15) is 9.41 Å². The van der Waals surface area contributed by atoms with Gasteiger partial charge >= 0.3 is 0 Å². The molecule has 2 fully saturated rings. The summed E-state index contributed by atoms with van der Waals surface area (Å²) >= 11 is 4.06. The van der Waals surface area contributed by atoms with Crippen LogP contribution in [0, 0.1) is 0 Å². The Morgan fingerprint density at radius 1 is 0.875 bits per heavy atom. The molecule has 0 amide bonds. The fourth-order valence-electron chi connectivity index (χ4n) is 1.21. The molecule has 0 radical (unpaired) electrons. The first-order valence-electron chi connectivity index (χ1n) is 5.22. The molecule has 2 aliphatic rings. The number of thioether (sulfide) groups is 2. The van der Waals surface area contributed by atoms with E-state index in [2.05, 4.69) is 10.6 Å². The first-order valence-corrected chi connectivity index (χ1v) is 12.1. The Kier molecular flexibility index (Phi) is 8.12. The lowest BCUT2D eigenvalue weighted by Gasteiger charge is -2.09. The van der Waals surface area contributed by atoms with Gasteiger partial charge in [-0.05, 0) is 0 Å². The fourth-order valence-corrected chi connectivity index (χ4v) is 9.92. The van der Waals surface area contributed by atoms with Crippen molar-refractivity contribution in [2.75, 3.05) is 36.1 Å². The zero-order valence-electron chi connectivity index (χ0n) is 8.85. The van der Waals surface area contributed by atoms with Gasteiger partial charge in [-0.15, -0.1) is 23.5 Å². The smallest absolute Gasteiger partial charge is 0.110 e. The predicted octanol–water partition coefficient (Wildman–Crippen LogP) is 2.99. The van der Waals surface area contributed by atoms with Crippen LogP contribution in [-0.4, -0.2) is 45.5 Å². The molecule has 2 unspecified atom stereocenters. The van der Waals surface area contributed by atoms with Gasteiger partial charge in [0, 0.05) is 36.1 Å². The summed E-state index contributed by atoms with van der Waals surface area (Å²) in [5.41, 5.74) is 0. The number of nitrogens with one attached hydrogen (secondary N) is 2. The summed E-state index contributed by atoms with van der Waals surface area (Å²) in [4.78, 5) is 0. The summed E-state index contributed by atoms with van der Waals surface area (Å²) in [7, 11) is 7.99. The lowest BCUT2D eigenvalue weighted by Crippen LogP contribution is -2.15. The van der Waals surface area contributed by atoms with Crippen LogP contribution in [-0.2, 0) is 0 Å². The van der Waals surface area contributed by atoms with Crippen molar-refractivity contribution in [1.82, 2.24) is 10.6 Å². The van der Waals surface area contributed by atoms with E-state index < -0.39 is 0 Å². The predicted molar refractivity (Wildman–Crippen MR) is 88.6 cm³/mol. The summed E-state index contributed by atoms with van der Waals surface area (Å²) in [5.74, 6) is 5.04. The van der Waals surface area contributed by atoms with Gasteiger partial charge < -0.3 is 0 Å². The highest BCUT2D eigenvalue weighted by Gasteiger charge is 2.16. The van der Waals surface area contributed by atoms with Gasteiger partial charge in [-0.3, -0.25) is 10.6 Å². The van der Waals surface area contributed by atoms with Crippen molar-refractivity contribution in [3.05, 3.63) is 0 Å². The highest BCUT2D eigenvalue weighted by molar-refractivity contribution is 8.80. The zero-order valence-corrected chi connectivity index (χ0v) is 13.7. The topological polar surface area (TPSA) is 24.1 Å². The lowest BCUT2D eigenvalue weighted by atomic mass is 10.8. The standard InChI is InChI=1S/C8H16N2S6/c1-3-11-7(9-1)15-13-5-6-14-16-8-10-2-4-12-8/h7-10H,1-6H2. The second-order valence-electron chi connectivity index (χ2n) is 3.15. The van der Waals surface area contributed by atoms with Crippen molar-refractivity contribution < 1.29 is 0 Å². The summed E-state index contributed by atoms with van der Waals surface area (Å²) in [5, 5.41) is 6.94. The molecule has 2 nitrogen and oxygen atoms in total. The van der Waals surface area contributed by atoms with E-state index >= 15 is 0 Å². The van der Waals surface area contributed by atoms with E-state index in [0.717, 1.165) is 0 Å². The van der Waals surface area contributed by atoms with Gasteiger partial charge in [0.15, 0.2) is 0 Å². The van der Waals surface area contributed by atoms with Crippen molar-refractivity contribution in [2.45, 2.75) is 9.41 Å². The summed E-state index contributed by atoms with van der Waals surface area (Å²) < 4.78 is 1.27. The van der Waals surface area contributed by atoms with Crippen LogP contribution in [0.1, 0.15) is 0 Å². The Morgan fingerprint density at radius 2 is 1.38 bits per heavy atom. The van der Waals surface area contributed by atoms with Gasteiger partial charge in [0.2, 0.25) is 0 Å². The maximum absolute atomic E-state index is 3.47. The molecule has 0 saturated carbocycles. The first kappa shape index (κ1) is 14.4. The third-order valence-electron chi connectivity index (χ3n) is 1.93. The molecule has 2 heterocycles. The second-order valence-corrected chi connectivity index (χ2v) is 11.4. The molecule has 0 spiro atoms. The highest BCUT2D eigenvalue weighted by atomic mass is 33.1. The monoisotopic (exact) mass is 332 g/mol.